The molecule has 4 rings (SSSR count). The van der Waals surface area contributed by atoms with Crippen molar-refractivity contribution in [3.8, 4) is 11.4 Å². The highest BCUT2D eigenvalue weighted by molar-refractivity contribution is 5.59. The van der Waals surface area contributed by atoms with E-state index in [0.29, 0.717) is 0 Å². The monoisotopic (exact) mass is 333 g/mol. The Morgan fingerprint density at radius 1 is 1.08 bits per heavy atom. The van der Waals surface area contributed by atoms with E-state index in [4.69, 9.17) is 0 Å². The molecule has 0 aliphatic rings. The van der Waals surface area contributed by atoms with Gasteiger partial charge < -0.3 is 5.32 Å². The second kappa shape index (κ2) is 6.35. The summed E-state index contributed by atoms with van der Waals surface area (Å²) in [4.78, 5) is 0. The summed E-state index contributed by atoms with van der Waals surface area (Å²) in [6.07, 6.45) is 3.89. The van der Waals surface area contributed by atoms with Crippen LogP contribution in [0, 0.1) is 6.92 Å². The van der Waals surface area contributed by atoms with Crippen LogP contribution in [0.4, 0.5) is 5.82 Å². The molecule has 3 heterocycles. The van der Waals surface area contributed by atoms with Gasteiger partial charge >= 0.3 is 0 Å². The van der Waals surface area contributed by atoms with Gasteiger partial charge in [0.2, 0.25) is 0 Å². The van der Waals surface area contributed by atoms with Crippen LogP contribution < -0.4 is 5.32 Å². The van der Waals surface area contributed by atoms with Crippen molar-refractivity contribution >= 4 is 11.5 Å². The Kier molecular flexibility index (Phi) is 3.89. The first kappa shape index (κ1) is 15.3. The molecule has 1 atom stereocenters. The van der Waals surface area contributed by atoms with Gasteiger partial charge in [-0.25, -0.2) is 0 Å². The summed E-state index contributed by atoms with van der Waals surface area (Å²) < 4.78 is 3.70. The average Bonchev–Trinajstić information content (AvgIpc) is 3.21. The Hall–Kier alpha value is -3.22. The quantitative estimate of drug-likeness (QED) is 0.608. The van der Waals surface area contributed by atoms with Gasteiger partial charge in [0.1, 0.15) is 5.82 Å². The first-order valence-electron chi connectivity index (χ1n) is 8.22. The lowest BCUT2D eigenvalue weighted by atomic mass is 10.2. The second-order valence-electron chi connectivity index (χ2n) is 6.16. The molecule has 4 aromatic rings. The zero-order valence-electron chi connectivity index (χ0n) is 14.2. The van der Waals surface area contributed by atoms with E-state index in [2.05, 4.69) is 32.6 Å². The van der Waals surface area contributed by atoms with Gasteiger partial charge in [-0.1, -0.05) is 30.3 Å². The minimum Gasteiger partial charge on any atom is -0.364 e. The number of hydrogen-bond acceptors (Lipinski definition) is 5. The smallest absolute Gasteiger partial charge is 0.185 e. The molecular formula is C18H19N7. The van der Waals surface area contributed by atoms with E-state index in [1.807, 2.05) is 66.5 Å². The lowest BCUT2D eigenvalue weighted by Gasteiger charge is -2.14. The maximum absolute atomic E-state index is 4.65. The molecule has 1 aromatic carbocycles. The first-order valence-corrected chi connectivity index (χ1v) is 8.22. The summed E-state index contributed by atoms with van der Waals surface area (Å²) in [7, 11) is 0. The standard InChI is InChI=1S/C18H19N7/c1-13-10-19-24(11-13)12-14(2)20-16-8-9-17-21-22-18(25(17)23-16)15-6-4-3-5-7-15/h3-11,14H,12H2,1-2H3,(H,20,23)/t14-/m0/s1. The van der Waals surface area contributed by atoms with Crippen molar-refractivity contribution in [2.75, 3.05) is 5.32 Å². The first-order chi connectivity index (χ1) is 12.2. The third-order valence-electron chi connectivity index (χ3n) is 3.91. The molecule has 0 fully saturated rings. The van der Waals surface area contributed by atoms with Crippen LogP contribution in [0.15, 0.2) is 54.9 Å². The highest BCUT2D eigenvalue weighted by Crippen LogP contribution is 2.18. The predicted octanol–water partition coefficient (Wildman–Crippen LogP) is 2.80. The number of benzene rings is 1. The Bertz CT molecular complexity index is 987. The molecule has 0 saturated heterocycles. The Morgan fingerprint density at radius 3 is 2.68 bits per heavy atom. The van der Waals surface area contributed by atoms with Gasteiger partial charge in [0, 0.05) is 17.8 Å². The van der Waals surface area contributed by atoms with E-state index in [-0.39, 0.29) is 6.04 Å². The van der Waals surface area contributed by atoms with Crippen LogP contribution in [0.2, 0.25) is 0 Å². The van der Waals surface area contributed by atoms with Crippen molar-refractivity contribution < 1.29 is 0 Å². The minimum absolute atomic E-state index is 0.181. The van der Waals surface area contributed by atoms with Gasteiger partial charge in [0.15, 0.2) is 11.5 Å². The SMILES string of the molecule is Cc1cnn(C[C@H](C)Nc2ccc3nnc(-c4ccccc4)n3n2)c1. The number of nitrogens with zero attached hydrogens (tertiary/aromatic N) is 6. The predicted molar refractivity (Wildman–Crippen MR) is 96.3 cm³/mol. The Labute approximate surface area is 145 Å². The number of anilines is 1. The Morgan fingerprint density at radius 2 is 1.92 bits per heavy atom. The van der Waals surface area contributed by atoms with Gasteiger partial charge in [-0.3, -0.25) is 4.68 Å². The fourth-order valence-electron chi connectivity index (χ4n) is 2.78. The van der Waals surface area contributed by atoms with Crippen molar-refractivity contribution in [1.29, 1.82) is 0 Å². The summed E-state index contributed by atoms with van der Waals surface area (Å²) in [6.45, 7) is 4.91. The topological polar surface area (TPSA) is 72.9 Å². The molecular weight excluding hydrogens is 314 g/mol. The molecule has 7 nitrogen and oxygen atoms in total. The Balaban J connectivity index is 1.58. The average molecular weight is 333 g/mol. The van der Waals surface area contributed by atoms with E-state index in [1.54, 1.807) is 4.52 Å². The van der Waals surface area contributed by atoms with Gasteiger partial charge in [0.25, 0.3) is 0 Å². The molecule has 0 bridgehead atoms. The molecule has 3 aromatic heterocycles. The van der Waals surface area contributed by atoms with E-state index in [9.17, 15) is 0 Å². The largest absolute Gasteiger partial charge is 0.364 e. The number of aromatic nitrogens is 6. The molecule has 0 amide bonds. The molecule has 1 N–H and O–H groups in total. The highest BCUT2D eigenvalue weighted by atomic mass is 15.4. The van der Waals surface area contributed by atoms with Gasteiger partial charge in [0.05, 0.1) is 12.7 Å². The molecule has 126 valence electrons. The summed E-state index contributed by atoms with van der Waals surface area (Å²) in [6, 6.07) is 14.0. The van der Waals surface area contributed by atoms with E-state index >= 15 is 0 Å². The van der Waals surface area contributed by atoms with Crippen LogP contribution in [-0.2, 0) is 6.54 Å². The van der Waals surface area contributed by atoms with Crippen molar-refractivity contribution in [3.05, 3.63) is 60.4 Å². The molecule has 0 aliphatic heterocycles. The second-order valence-corrected chi connectivity index (χ2v) is 6.16. The summed E-state index contributed by atoms with van der Waals surface area (Å²) >= 11 is 0. The van der Waals surface area contributed by atoms with Gasteiger partial charge in [-0.05, 0) is 31.5 Å². The lowest BCUT2D eigenvalue weighted by molar-refractivity contribution is 0.558. The minimum atomic E-state index is 0.181. The highest BCUT2D eigenvalue weighted by Gasteiger charge is 2.11. The third kappa shape index (κ3) is 3.21. The number of aryl methyl sites for hydroxylation is 1. The van der Waals surface area contributed by atoms with E-state index < -0.39 is 0 Å². The zero-order valence-corrected chi connectivity index (χ0v) is 14.2. The van der Waals surface area contributed by atoms with Crippen molar-refractivity contribution in [1.82, 2.24) is 29.6 Å². The van der Waals surface area contributed by atoms with Crippen LogP contribution in [-0.4, -0.2) is 35.6 Å². The number of fused-ring (bicyclic) bond motifs is 1. The zero-order chi connectivity index (χ0) is 17.2. The van der Waals surface area contributed by atoms with Crippen LogP contribution >= 0.6 is 0 Å². The van der Waals surface area contributed by atoms with E-state index in [1.165, 1.54) is 0 Å². The number of rotatable bonds is 5. The normalized spacial score (nSPS) is 12.4. The molecule has 0 radical (unpaired) electrons. The maximum atomic E-state index is 4.65. The molecule has 0 aliphatic carbocycles. The molecule has 0 saturated carbocycles. The number of hydrogen-bond donors (Lipinski definition) is 1. The maximum Gasteiger partial charge on any atom is 0.185 e. The fraction of sp³-hybridized carbons (Fsp3) is 0.222. The van der Waals surface area contributed by atoms with Crippen LogP contribution in [0.1, 0.15) is 12.5 Å². The van der Waals surface area contributed by atoms with Crippen molar-refractivity contribution in [2.24, 2.45) is 0 Å². The summed E-state index contributed by atoms with van der Waals surface area (Å²) in [5.74, 6) is 1.51. The molecule has 25 heavy (non-hydrogen) atoms. The summed E-state index contributed by atoms with van der Waals surface area (Å²) in [5.41, 5.74) is 2.86. The third-order valence-corrected chi connectivity index (χ3v) is 3.91. The van der Waals surface area contributed by atoms with E-state index in [0.717, 1.165) is 35.0 Å². The molecule has 7 heteroatoms. The molecule has 0 unspecified atom stereocenters. The summed E-state index contributed by atoms with van der Waals surface area (Å²) in [5, 5.41) is 20.8. The number of nitrogens with one attached hydrogen (secondary N) is 1. The van der Waals surface area contributed by atoms with Crippen molar-refractivity contribution in [3.63, 3.8) is 0 Å². The molecule has 0 spiro atoms. The fourth-order valence-corrected chi connectivity index (χ4v) is 2.78. The van der Waals surface area contributed by atoms with Crippen LogP contribution in [0.5, 0.6) is 0 Å². The lowest BCUT2D eigenvalue weighted by Crippen LogP contribution is -2.23. The van der Waals surface area contributed by atoms with Crippen LogP contribution in [0.25, 0.3) is 17.0 Å². The van der Waals surface area contributed by atoms with Gasteiger partial charge in [-0.15, -0.1) is 15.3 Å². The van der Waals surface area contributed by atoms with Gasteiger partial charge in [-0.2, -0.15) is 9.61 Å². The van der Waals surface area contributed by atoms with Crippen LogP contribution in [0.3, 0.4) is 0 Å². The van der Waals surface area contributed by atoms with Crippen molar-refractivity contribution in [2.45, 2.75) is 26.4 Å².